The average molecular weight is 464 g/mol. The number of aromatic nitrogens is 2. The summed E-state index contributed by atoms with van der Waals surface area (Å²) in [7, 11) is 0. The van der Waals surface area contributed by atoms with Crippen LogP contribution in [0.4, 0.5) is 5.00 Å². The van der Waals surface area contributed by atoms with Crippen molar-refractivity contribution in [3.63, 3.8) is 0 Å². The molecular weight excluding hydrogens is 438 g/mol. The number of pyridine rings is 1. The molecule has 0 saturated heterocycles. The molecular formula is C25H25N3O4S. The topological polar surface area (TPSA) is 81.9 Å². The fraction of sp³-hybridized carbons (Fsp3) is 0.240. The van der Waals surface area contributed by atoms with Crippen LogP contribution in [0.5, 0.6) is 5.75 Å². The Bertz CT molecular complexity index is 1340. The molecule has 7 nitrogen and oxygen atoms in total. The van der Waals surface area contributed by atoms with Crippen molar-refractivity contribution in [1.29, 1.82) is 0 Å². The molecule has 0 saturated carbocycles. The first-order valence-corrected chi connectivity index (χ1v) is 11.5. The predicted molar refractivity (Wildman–Crippen MR) is 129 cm³/mol. The van der Waals surface area contributed by atoms with Gasteiger partial charge in [0.05, 0.1) is 12.3 Å². The van der Waals surface area contributed by atoms with Crippen LogP contribution in [0.15, 0.2) is 48.1 Å². The van der Waals surface area contributed by atoms with E-state index in [-0.39, 0.29) is 19.1 Å². The number of amides is 1. The Hall–Kier alpha value is -3.65. The minimum absolute atomic E-state index is 0.218. The number of nitrogens with one attached hydrogen (secondary N) is 1. The van der Waals surface area contributed by atoms with Crippen LogP contribution in [-0.4, -0.2) is 34.5 Å². The molecule has 0 bridgehead atoms. The summed E-state index contributed by atoms with van der Waals surface area (Å²) in [6.45, 7) is 7.73. The number of thiophene rings is 1. The second kappa shape index (κ2) is 9.46. The van der Waals surface area contributed by atoms with Gasteiger partial charge < -0.3 is 19.2 Å². The highest BCUT2D eigenvalue weighted by atomic mass is 32.1. The van der Waals surface area contributed by atoms with Crippen molar-refractivity contribution in [3.8, 4) is 16.9 Å². The van der Waals surface area contributed by atoms with Crippen LogP contribution in [0, 0.1) is 20.8 Å². The number of rotatable bonds is 7. The molecule has 0 unspecified atom stereocenters. The lowest BCUT2D eigenvalue weighted by Gasteiger charge is -2.11. The van der Waals surface area contributed by atoms with Crippen LogP contribution in [0.3, 0.4) is 0 Å². The van der Waals surface area contributed by atoms with E-state index in [1.807, 2.05) is 67.2 Å². The summed E-state index contributed by atoms with van der Waals surface area (Å²) in [5, 5.41) is 5.11. The molecule has 33 heavy (non-hydrogen) atoms. The molecule has 0 spiro atoms. The van der Waals surface area contributed by atoms with Crippen LogP contribution in [0.2, 0.25) is 0 Å². The maximum absolute atomic E-state index is 12.8. The number of aryl methyl sites for hydroxylation is 3. The van der Waals surface area contributed by atoms with Gasteiger partial charge in [0.15, 0.2) is 18.0 Å². The van der Waals surface area contributed by atoms with Gasteiger partial charge in [-0.1, -0.05) is 18.2 Å². The van der Waals surface area contributed by atoms with E-state index >= 15 is 0 Å². The van der Waals surface area contributed by atoms with Gasteiger partial charge in [0.25, 0.3) is 5.91 Å². The van der Waals surface area contributed by atoms with Gasteiger partial charge in [0, 0.05) is 23.3 Å². The van der Waals surface area contributed by atoms with Crippen LogP contribution in [-0.2, 0) is 9.53 Å². The summed E-state index contributed by atoms with van der Waals surface area (Å²) < 4.78 is 12.9. The zero-order valence-electron chi connectivity index (χ0n) is 19.0. The molecule has 0 fully saturated rings. The largest absolute Gasteiger partial charge is 0.480 e. The molecule has 0 aliphatic rings. The quantitative estimate of drug-likeness (QED) is 0.382. The van der Waals surface area contributed by atoms with Crippen LogP contribution in [0.1, 0.15) is 34.1 Å². The Balaban J connectivity index is 1.56. The molecule has 1 aromatic carbocycles. The maximum atomic E-state index is 12.8. The Kier molecular flexibility index (Phi) is 6.46. The first kappa shape index (κ1) is 22.5. The van der Waals surface area contributed by atoms with Gasteiger partial charge in [-0.15, -0.1) is 11.3 Å². The maximum Gasteiger partial charge on any atom is 0.341 e. The van der Waals surface area contributed by atoms with Crippen LogP contribution in [0.25, 0.3) is 16.8 Å². The Morgan fingerprint density at radius 2 is 1.97 bits per heavy atom. The summed E-state index contributed by atoms with van der Waals surface area (Å²) in [6.07, 6.45) is 3.75. The normalized spacial score (nSPS) is 10.9. The molecule has 4 aromatic rings. The molecule has 0 radical (unpaired) electrons. The van der Waals surface area contributed by atoms with Crippen molar-refractivity contribution in [1.82, 2.24) is 9.38 Å². The molecule has 3 heterocycles. The standard InChI is InChI=1S/C25H25N3O4S/c1-5-31-25(30)22-19(18-9-8-15(2)16(3)11-18)14-33-24(22)27-21(29)13-32-20-7-6-10-28-12-17(4)26-23(20)28/h6-12,14H,5,13H2,1-4H3,(H,27,29). The number of hydrogen-bond acceptors (Lipinski definition) is 6. The second-order valence-electron chi connectivity index (χ2n) is 7.70. The number of esters is 1. The van der Waals surface area contributed by atoms with E-state index in [0.717, 1.165) is 22.4 Å². The Morgan fingerprint density at radius 1 is 1.15 bits per heavy atom. The zero-order chi connectivity index (χ0) is 23.5. The third kappa shape index (κ3) is 4.75. The number of fused-ring (bicyclic) bond motifs is 1. The van der Waals surface area contributed by atoms with E-state index in [1.165, 1.54) is 16.9 Å². The summed E-state index contributed by atoms with van der Waals surface area (Å²) in [5.74, 6) is -0.339. The number of ether oxygens (including phenoxy) is 2. The van der Waals surface area contributed by atoms with Gasteiger partial charge in [-0.2, -0.15) is 0 Å². The monoisotopic (exact) mass is 463 g/mol. The summed E-state index contributed by atoms with van der Waals surface area (Å²) in [5.41, 5.74) is 5.77. The lowest BCUT2D eigenvalue weighted by Crippen LogP contribution is -2.21. The summed E-state index contributed by atoms with van der Waals surface area (Å²) >= 11 is 1.29. The third-order valence-corrected chi connectivity index (χ3v) is 6.16. The molecule has 0 aliphatic heterocycles. The predicted octanol–water partition coefficient (Wildman–Crippen LogP) is 5.18. The minimum Gasteiger partial charge on any atom is -0.480 e. The van der Waals surface area contributed by atoms with Gasteiger partial charge in [0.2, 0.25) is 0 Å². The number of carbonyl (C=O) groups is 2. The van der Waals surface area contributed by atoms with Crippen molar-refractivity contribution in [2.75, 3.05) is 18.5 Å². The van der Waals surface area contributed by atoms with Crippen LogP contribution < -0.4 is 10.1 Å². The second-order valence-corrected chi connectivity index (χ2v) is 8.58. The van der Waals surface area contributed by atoms with E-state index in [1.54, 1.807) is 13.0 Å². The summed E-state index contributed by atoms with van der Waals surface area (Å²) in [6, 6.07) is 9.61. The van der Waals surface area contributed by atoms with E-state index < -0.39 is 5.97 Å². The molecule has 3 aromatic heterocycles. The highest BCUT2D eigenvalue weighted by Gasteiger charge is 2.23. The van der Waals surface area contributed by atoms with Crippen molar-refractivity contribution >= 4 is 33.9 Å². The zero-order valence-corrected chi connectivity index (χ0v) is 19.8. The number of anilines is 1. The number of hydrogen-bond donors (Lipinski definition) is 1. The van der Waals surface area contributed by atoms with E-state index in [2.05, 4.69) is 10.3 Å². The van der Waals surface area contributed by atoms with E-state index in [9.17, 15) is 9.59 Å². The molecule has 8 heteroatoms. The highest BCUT2D eigenvalue weighted by Crippen LogP contribution is 2.37. The van der Waals surface area contributed by atoms with E-state index in [0.29, 0.717) is 22.0 Å². The lowest BCUT2D eigenvalue weighted by molar-refractivity contribution is -0.118. The number of nitrogens with zero attached hydrogens (tertiary/aromatic N) is 2. The molecule has 4 rings (SSSR count). The van der Waals surface area contributed by atoms with Gasteiger partial charge >= 0.3 is 5.97 Å². The van der Waals surface area contributed by atoms with Crippen molar-refractivity contribution < 1.29 is 19.1 Å². The molecule has 0 atom stereocenters. The van der Waals surface area contributed by atoms with Crippen LogP contribution >= 0.6 is 11.3 Å². The molecule has 170 valence electrons. The first-order valence-electron chi connectivity index (χ1n) is 10.6. The van der Waals surface area contributed by atoms with Crippen molar-refractivity contribution in [2.45, 2.75) is 27.7 Å². The third-order valence-electron chi connectivity index (χ3n) is 5.27. The minimum atomic E-state index is -0.471. The van der Waals surface area contributed by atoms with E-state index in [4.69, 9.17) is 9.47 Å². The SMILES string of the molecule is CCOC(=O)c1c(-c2ccc(C)c(C)c2)csc1NC(=O)COc1cccn2cc(C)nc12. The number of benzene rings is 1. The first-order chi connectivity index (χ1) is 15.9. The molecule has 1 amide bonds. The van der Waals surface area contributed by atoms with Crippen molar-refractivity contribution in [2.24, 2.45) is 0 Å². The van der Waals surface area contributed by atoms with Gasteiger partial charge in [-0.25, -0.2) is 9.78 Å². The number of imidazole rings is 1. The smallest absolute Gasteiger partial charge is 0.341 e. The fourth-order valence-electron chi connectivity index (χ4n) is 3.51. The average Bonchev–Trinajstić information content (AvgIpc) is 3.37. The van der Waals surface area contributed by atoms with Crippen molar-refractivity contribution in [3.05, 3.63) is 70.5 Å². The lowest BCUT2D eigenvalue weighted by atomic mass is 9.99. The van der Waals surface area contributed by atoms with Gasteiger partial charge in [-0.05, 0) is 56.5 Å². The van der Waals surface area contributed by atoms with Gasteiger partial charge in [0.1, 0.15) is 10.6 Å². The fourth-order valence-corrected chi connectivity index (χ4v) is 4.48. The number of carbonyl (C=O) groups excluding carboxylic acids is 2. The molecule has 1 N–H and O–H groups in total. The Labute approximate surface area is 196 Å². The summed E-state index contributed by atoms with van der Waals surface area (Å²) in [4.78, 5) is 29.9. The Morgan fingerprint density at radius 3 is 2.73 bits per heavy atom. The van der Waals surface area contributed by atoms with Gasteiger partial charge in [-0.3, -0.25) is 4.79 Å². The molecule has 0 aliphatic carbocycles. The highest BCUT2D eigenvalue weighted by molar-refractivity contribution is 7.15.